The number of carbonyl (C=O) groups is 1. The number of aryl methyl sites for hydroxylation is 1. The highest BCUT2D eigenvalue weighted by Crippen LogP contribution is 2.27. The summed E-state index contributed by atoms with van der Waals surface area (Å²) in [6.07, 6.45) is 1.37. The van der Waals surface area contributed by atoms with Gasteiger partial charge in [-0.05, 0) is 36.4 Å². The van der Waals surface area contributed by atoms with Gasteiger partial charge in [0.1, 0.15) is 24.0 Å². The molecule has 0 bridgehead atoms. The molecular weight excluding hydrogens is 452 g/mol. The van der Waals surface area contributed by atoms with Crippen molar-refractivity contribution in [3.63, 3.8) is 0 Å². The van der Waals surface area contributed by atoms with Gasteiger partial charge in [0.15, 0.2) is 16.8 Å². The van der Waals surface area contributed by atoms with Crippen LogP contribution in [0.1, 0.15) is 18.0 Å². The molecule has 7 nitrogen and oxygen atoms in total. The fraction of sp³-hybridized carbons (Fsp3) is 0.174. The number of halogens is 2. The van der Waals surface area contributed by atoms with Crippen LogP contribution in [0.25, 0.3) is 11.3 Å². The van der Waals surface area contributed by atoms with Gasteiger partial charge in [0.2, 0.25) is 0 Å². The molecule has 0 aliphatic carbocycles. The molecule has 4 rings (SSSR count). The molecule has 0 saturated heterocycles. The summed E-state index contributed by atoms with van der Waals surface area (Å²) < 4.78 is 43.5. The van der Waals surface area contributed by atoms with Crippen molar-refractivity contribution in [2.24, 2.45) is 0 Å². The Balaban J connectivity index is 1.25. The standard InChI is InChI=1S/C23H19F2N3O4S/c1-30-16-7-5-14(6-8-16)27-23-28-15(13-33-23)12-31-21(29)10-9-20-26-11-19(32-20)22-17(24)3-2-4-18(22)25/h2-8,11,13H,9-10,12H2,1H3,(H,27,28). The molecule has 0 unspecified atom stereocenters. The van der Waals surface area contributed by atoms with E-state index in [0.29, 0.717) is 10.8 Å². The molecule has 0 fully saturated rings. The quantitative estimate of drug-likeness (QED) is 0.322. The summed E-state index contributed by atoms with van der Waals surface area (Å²) in [4.78, 5) is 20.4. The van der Waals surface area contributed by atoms with E-state index in [1.807, 2.05) is 24.3 Å². The zero-order valence-electron chi connectivity index (χ0n) is 17.5. The summed E-state index contributed by atoms with van der Waals surface area (Å²) in [6, 6.07) is 10.9. The summed E-state index contributed by atoms with van der Waals surface area (Å²) in [6.45, 7) is 0.0247. The second kappa shape index (κ2) is 10.2. The number of nitrogens with one attached hydrogen (secondary N) is 1. The van der Waals surface area contributed by atoms with Crippen molar-refractivity contribution < 1.29 is 27.5 Å². The first-order valence-corrected chi connectivity index (χ1v) is 10.8. The Bertz CT molecular complexity index is 1220. The van der Waals surface area contributed by atoms with Crippen LogP contribution in [0.3, 0.4) is 0 Å². The first-order chi connectivity index (χ1) is 16.0. The Hall–Kier alpha value is -3.79. The molecule has 0 amide bonds. The molecule has 0 aliphatic heterocycles. The maximum absolute atomic E-state index is 13.9. The van der Waals surface area contributed by atoms with Gasteiger partial charge in [0, 0.05) is 17.5 Å². The lowest BCUT2D eigenvalue weighted by atomic mass is 10.1. The number of hydrogen-bond donors (Lipinski definition) is 1. The van der Waals surface area contributed by atoms with E-state index in [1.165, 1.54) is 23.6 Å². The number of aromatic nitrogens is 2. The monoisotopic (exact) mass is 471 g/mol. The third-order valence-corrected chi connectivity index (χ3v) is 5.39. The smallest absolute Gasteiger partial charge is 0.306 e. The number of esters is 1. The molecule has 2 heterocycles. The van der Waals surface area contributed by atoms with Gasteiger partial charge >= 0.3 is 5.97 Å². The number of hydrogen-bond acceptors (Lipinski definition) is 8. The highest BCUT2D eigenvalue weighted by molar-refractivity contribution is 7.13. The highest BCUT2D eigenvalue weighted by Gasteiger charge is 2.16. The molecule has 0 aliphatic rings. The predicted molar refractivity (Wildman–Crippen MR) is 118 cm³/mol. The van der Waals surface area contributed by atoms with Gasteiger partial charge in [-0.25, -0.2) is 18.7 Å². The summed E-state index contributed by atoms with van der Waals surface area (Å²) in [7, 11) is 1.60. The van der Waals surface area contributed by atoms with Crippen molar-refractivity contribution in [1.82, 2.24) is 9.97 Å². The number of thiazole rings is 1. The van der Waals surface area contributed by atoms with Gasteiger partial charge in [-0.2, -0.15) is 0 Å². The predicted octanol–water partition coefficient (Wildman–Crippen LogP) is 5.50. The summed E-state index contributed by atoms with van der Waals surface area (Å²) in [5, 5.41) is 5.63. The van der Waals surface area contributed by atoms with Crippen LogP contribution < -0.4 is 10.1 Å². The number of oxazole rings is 1. The van der Waals surface area contributed by atoms with Gasteiger partial charge in [-0.15, -0.1) is 11.3 Å². The van der Waals surface area contributed by atoms with Crippen molar-refractivity contribution >= 4 is 28.1 Å². The lowest BCUT2D eigenvalue weighted by Crippen LogP contribution is -2.06. The molecule has 0 spiro atoms. The van der Waals surface area contributed by atoms with Crippen LogP contribution in [0.15, 0.2) is 58.5 Å². The zero-order chi connectivity index (χ0) is 23.2. The minimum atomic E-state index is -0.749. The maximum Gasteiger partial charge on any atom is 0.306 e. The molecule has 0 radical (unpaired) electrons. The Morgan fingerprint density at radius 3 is 2.64 bits per heavy atom. The van der Waals surface area contributed by atoms with Crippen molar-refractivity contribution in [2.75, 3.05) is 12.4 Å². The number of benzene rings is 2. The summed E-state index contributed by atoms with van der Waals surface area (Å²) >= 11 is 1.39. The van der Waals surface area contributed by atoms with E-state index in [-0.39, 0.29) is 36.7 Å². The zero-order valence-corrected chi connectivity index (χ0v) is 18.3. The van der Waals surface area contributed by atoms with Crippen LogP contribution in [0, 0.1) is 11.6 Å². The second-order valence-electron chi connectivity index (χ2n) is 6.87. The first-order valence-electron chi connectivity index (χ1n) is 9.92. The van der Waals surface area contributed by atoms with Gasteiger partial charge in [0.25, 0.3) is 0 Å². The van der Waals surface area contributed by atoms with Gasteiger partial charge in [-0.3, -0.25) is 4.79 Å². The third-order valence-electron chi connectivity index (χ3n) is 4.58. The first kappa shape index (κ1) is 22.4. The van der Waals surface area contributed by atoms with Gasteiger partial charge in [0.05, 0.1) is 31.0 Å². The van der Waals surface area contributed by atoms with Crippen LogP contribution in [0.4, 0.5) is 19.6 Å². The fourth-order valence-corrected chi connectivity index (χ4v) is 3.65. The normalized spacial score (nSPS) is 10.8. The Morgan fingerprint density at radius 2 is 1.91 bits per heavy atom. The number of rotatable bonds is 9. The van der Waals surface area contributed by atoms with Crippen LogP contribution in [0.2, 0.25) is 0 Å². The van der Waals surface area contributed by atoms with E-state index in [4.69, 9.17) is 13.9 Å². The number of ether oxygens (including phenoxy) is 2. The molecule has 10 heteroatoms. The molecule has 2 aromatic carbocycles. The fourth-order valence-electron chi connectivity index (χ4n) is 2.94. The van der Waals surface area contributed by atoms with Crippen LogP contribution in [-0.4, -0.2) is 23.0 Å². The Labute approximate surface area is 192 Å². The van der Waals surface area contributed by atoms with E-state index in [2.05, 4.69) is 15.3 Å². The minimum absolute atomic E-state index is 0.000793. The van der Waals surface area contributed by atoms with E-state index >= 15 is 0 Å². The van der Waals surface area contributed by atoms with Crippen molar-refractivity contribution in [3.8, 4) is 17.1 Å². The Kier molecular flexibility index (Phi) is 6.94. The van der Waals surface area contributed by atoms with Gasteiger partial charge in [-0.1, -0.05) is 6.07 Å². The number of anilines is 2. The average Bonchev–Trinajstić information content (AvgIpc) is 3.46. The molecule has 4 aromatic rings. The average molecular weight is 471 g/mol. The topological polar surface area (TPSA) is 86.5 Å². The molecule has 1 N–H and O–H groups in total. The third kappa shape index (κ3) is 5.72. The number of nitrogens with zero attached hydrogens (tertiary/aromatic N) is 2. The largest absolute Gasteiger partial charge is 0.497 e. The van der Waals surface area contributed by atoms with E-state index in [9.17, 15) is 13.6 Å². The van der Waals surface area contributed by atoms with Gasteiger partial charge < -0.3 is 19.2 Å². The minimum Gasteiger partial charge on any atom is -0.497 e. The van der Waals surface area contributed by atoms with E-state index < -0.39 is 17.6 Å². The van der Waals surface area contributed by atoms with Crippen molar-refractivity contribution in [1.29, 1.82) is 0 Å². The highest BCUT2D eigenvalue weighted by atomic mass is 32.1. The summed E-state index contributed by atoms with van der Waals surface area (Å²) in [5.74, 6) is -1.06. The maximum atomic E-state index is 13.9. The molecule has 2 aromatic heterocycles. The molecule has 0 saturated carbocycles. The molecule has 0 atom stereocenters. The second-order valence-corrected chi connectivity index (χ2v) is 7.73. The van der Waals surface area contributed by atoms with Crippen LogP contribution in [0.5, 0.6) is 5.75 Å². The number of methoxy groups -OCH3 is 1. The van der Waals surface area contributed by atoms with Crippen LogP contribution >= 0.6 is 11.3 Å². The molecule has 170 valence electrons. The van der Waals surface area contributed by atoms with Crippen LogP contribution in [-0.2, 0) is 22.6 Å². The SMILES string of the molecule is COc1ccc(Nc2nc(COC(=O)CCc3ncc(-c4c(F)cccc4F)o3)cs2)cc1. The van der Waals surface area contributed by atoms with Crippen molar-refractivity contribution in [3.05, 3.63) is 77.3 Å². The summed E-state index contributed by atoms with van der Waals surface area (Å²) in [5.41, 5.74) is 1.17. The molecular formula is C23H19F2N3O4S. The molecule has 33 heavy (non-hydrogen) atoms. The van der Waals surface area contributed by atoms with E-state index in [1.54, 1.807) is 12.5 Å². The number of carbonyl (C=O) groups excluding carboxylic acids is 1. The van der Waals surface area contributed by atoms with E-state index in [0.717, 1.165) is 23.6 Å². The Morgan fingerprint density at radius 1 is 1.15 bits per heavy atom. The van der Waals surface area contributed by atoms with Crippen molar-refractivity contribution in [2.45, 2.75) is 19.4 Å². The lowest BCUT2D eigenvalue weighted by molar-refractivity contribution is -0.145. The lowest BCUT2D eigenvalue weighted by Gasteiger charge is -2.04.